The smallest absolute Gasteiger partial charge is 0.129 e. The molecule has 2 rings (SSSR count). The van der Waals surface area contributed by atoms with Gasteiger partial charge in [0.15, 0.2) is 0 Å². The maximum atomic E-state index is 9.32. The Bertz CT molecular complexity index is 501. The third-order valence-electron chi connectivity index (χ3n) is 2.67. The van der Waals surface area contributed by atoms with Crippen molar-refractivity contribution < 1.29 is 9.84 Å². The van der Waals surface area contributed by atoms with Crippen LogP contribution in [0.1, 0.15) is 24.4 Å². The van der Waals surface area contributed by atoms with Gasteiger partial charge in [0, 0.05) is 0 Å². The minimum absolute atomic E-state index is 0.0532. The molecule has 1 aromatic carbocycles. The number of aliphatic hydroxyl groups excluding tert-OH is 1. The molecule has 0 radical (unpaired) electrons. The molecule has 0 aliphatic rings. The number of aromatic nitrogens is 1. The van der Waals surface area contributed by atoms with Crippen molar-refractivity contribution in [1.82, 2.24) is 4.98 Å². The molecule has 2 aromatic rings. The lowest BCUT2D eigenvalue weighted by Crippen LogP contribution is -1.93. The molecule has 0 amide bonds. The summed E-state index contributed by atoms with van der Waals surface area (Å²) in [4.78, 5) is 5.53. The van der Waals surface area contributed by atoms with Gasteiger partial charge in [0.1, 0.15) is 10.8 Å². The van der Waals surface area contributed by atoms with Crippen molar-refractivity contribution in [1.29, 1.82) is 0 Å². The van der Waals surface area contributed by atoms with Crippen LogP contribution in [0.5, 0.6) is 5.75 Å². The van der Waals surface area contributed by atoms with Crippen molar-refractivity contribution in [2.24, 2.45) is 0 Å². The number of para-hydroxylation sites is 1. The predicted octanol–water partition coefficient (Wildman–Crippen LogP) is 3.26. The van der Waals surface area contributed by atoms with Gasteiger partial charge in [0.05, 0.1) is 29.3 Å². The Hall–Kier alpha value is -1.39. The third-order valence-corrected chi connectivity index (χ3v) is 3.79. The fraction of sp³-hybridized carbons (Fsp3) is 0.357. The Morgan fingerprint density at radius 2 is 2.06 bits per heavy atom. The summed E-state index contributed by atoms with van der Waals surface area (Å²) in [7, 11) is 0. The molecule has 0 spiro atoms. The van der Waals surface area contributed by atoms with Crippen molar-refractivity contribution in [3.8, 4) is 16.3 Å². The van der Waals surface area contributed by atoms with Crippen LogP contribution in [0.2, 0.25) is 0 Å². The van der Waals surface area contributed by atoms with E-state index in [1.54, 1.807) is 0 Å². The number of aliphatic hydroxyl groups is 1. The highest BCUT2D eigenvalue weighted by molar-refractivity contribution is 7.15. The van der Waals surface area contributed by atoms with E-state index in [2.05, 4.69) is 4.98 Å². The van der Waals surface area contributed by atoms with Crippen LogP contribution in [0, 0.1) is 0 Å². The topological polar surface area (TPSA) is 42.4 Å². The summed E-state index contributed by atoms with van der Waals surface area (Å²) in [6.45, 7) is 4.70. The molecule has 1 aromatic heterocycles. The second kappa shape index (κ2) is 5.98. The molecule has 3 nitrogen and oxygen atoms in total. The number of benzene rings is 1. The summed E-state index contributed by atoms with van der Waals surface area (Å²) in [5, 5.41) is 10.2. The number of thiazole rings is 1. The number of nitrogens with zero attached hydrogens (tertiary/aromatic N) is 1. The molecule has 1 heterocycles. The summed E-state index contributed by atoms with van der Waals surface area (Å²) >= 11 is 1.54. The maximum absolute atomic E-state index is 9.32. The van der Waals surface area contributed by atoms with Crippen LogP contribution in [0.25, 0.3) is 10.6 Å². The average Bonchev–Trinajstić information content (AvgIpc) is 2.83. The number of rotatable bonds is 5. The van der Waals surface area contributed by atoms with E-state index in [0.29, 0.717) is 6.61 Å². The lowest BCUT2D eigenvalue weighted by Gasteiger charge is -2.07. The molecule has 4 heteroatoms. The Balaban J connectivity index is 2.44. The van der Waals surface area contributed by atoms with E-state index in [0.717, 1.165) is 33.3 Å². The Labute approximate surface area is 111 Å². The van der Waals surface area contributed by atoms with Gasteiger partial charge >= 0.3 is 0 Å². The normalized spacial score (nSPS) is 10.6. The summed E-state index contributed by atoms with van der Waals surface area (Å²) in [5.74, 6) is 0.848. The van der Waals surface area contributed by atoms with Crippen LogP contribution in [0.15, 0.2) is 24.3 Å². The molecule has 0 saturated carbocycles. The molecule has 96 valence electrons. The Morgan fingerprint density at radius 1 is 1.28 bits per heavy atom. The van der Waals surface area contributed by atoms with Gasteiger partial charge in [-0.1, -0.05) is 19.1 Å². The molecular weight excluding hydrogens is 246 g/mol. The van der Waals surface area contributed by atoms with Gasteiger partial charge in [-0.15, -0.1) is 11.3 Å². The number of hydrogen-bond acceptors (Lipinski definition) is 4. The van der Waals surface area contributed by atoms with Gasteiger partial charge < -0.3 is 9.84 Å². The van der Waals surface area contributed by atoms with Crippen molar-refractivity contribution in [3.05, 3.63) is 34.8 Å². The van der Waals surface area contributed by atoms with E-state index < -0.39 is 0 Å². The maximum Gasteiger partial charge on any atom is 0.129 e. The molecule has 1 N–H and O–H groups in total. The van der Waals surface area contributed by atoms with Gasteiger partial charge in [0.2, 0.25) is 0 Å². The first-order valence-corrected chi connectivity index (χ1v) is 6.93. The minimum Gasteiger partial charge on any atom is -0.493 e. The zero-order valence-corrected chi connectivity index (χ0v) is 11.5. The highest BCUT2D eigenvalue weighted by Crippen LogP contribution is 2.34. The highest BCUT2D eigenvalue weighted by Gasteiger charge is 2.13. The van der Waals surface area contributed by atoms with Crippen LogP contribution >= 0.6 is 11.3 Å². The van der Waals surface area contributed by atoms with Gasteiger partial charge in [-0.25, -0.2) is 4.98 Å². The minimum atomic E-state index is 0.0532. The van der Waals surface area contributed by atoms with Gasteiger partial charge in [-0.2, -0.15) is 0 Å². The first kappa shape index (κ1) is 13.1. The molecule has 0 unspecified atom stereocenters. The molecule has 18 heavy (non-hydrogen) atoms. The first-order valence-electron chi connectivity index (χ1n) is 6.11. The zero-order chi connectivity index (χ0) is 13.0. The summed E-state index contributed by atoms with van der Waals surface area (Å²) < 4.78 is 5.61. The highest BCUT2D eigenvalue weighted by atomic mass is 32.1. The van der Waals surface area contributed by atoms with Crippen molar-refractivity contribution in [2.45, 2.75) is 26.9 Å². The van der Waals surface area contributed by atoms with E-state index in [-0.39, 0.29) is 6.61 Å². The fourth-order valence-electron chi connectivity index (χ4n) is 1.82. The number of aryl methyl sites for hydroxylation is 1. The van der Waals surface area contributed by atoms with Crippen LogP contribution < -0.4 is 4.74 Å². The van der Waals surface area contributed by atoms with E-state index in [9.17, 15) is 5.11 Å². The predicted molar refractivity (Wildman–Crippen MR) is 74.0 cm³/mol. The van der Waals surface area contributed by atoms with Gasteiger partial charge in [-0.05, 0) is 25.5 Å². The lowest BCUT2D eigenvalue weighted by atomic mass is 10.2. The first-order chi connectivity index (χ1) is 8.80. The second-order valence-electron chi connectivity index (χ2n) is 3.83. The van der Waals surface area contributed by atoms with Crippen molar-refractivity contribution in [2.75, 3.05) is 6.61 Å². The SMILES string of the molecule is CCOc1ccccc1-c1nc(CC)c(CO)s1. The molecule has 0 aliphatic carbocycles. The van der Waals surface area contributed by atoms with E-state index in [1.165, 1.54) is 11.3 Å². The summed E-state index contributed by atoms with van der Waals surface area (Å²) in [6.07, 6.45) is 0.837. The summed E-state index contributed by atoms with van der Waals surface area (Å²) in [5.41, 5.74) is 1.97. The van der Waals surface area contributed by atoms with Crippen LogP contribution in [0.3, 0.4) is 0 Å². The number of ether oxygens (including phenoxy) is 1. The standard InChI is InChI=1S/C14H17NO2S/c1-3-11-13(9-16)18-14(15-11)10-7-5-6-8-12(10)17-4-2/h5-8,16H,3-4,9H2,1-2H3. The fourth-order valence-corrected chi connectivity index (χ4v) is 2.86. The largest absolute Gasteiger partial charge is 0.493 e. The van der Waals surface area contributed by atoms with E-state index in [4.69, 9.17) is 4.74 Å². The van der Waals surface area contributed by atoms with Crippen molar-refractivity contribution >= 4 is 11.3 Å². The van der Waals surface area contributed by atoms with Gasteiger partial charge in [0.25, 0.3) is 0 Å². The lowest BCUT2D eigenvalue weighted by molar-refractivity contribution is 0.284. The van der Waals surface area contributed by atoms with Crippen LogP contribution in [0.4, 0.5) is 0 Å². The Morgan fingerprint density at radius 3 is 2.67 bits per heavy atom. The zero-order valence-electron chi connectivity index (χ0n) is 10.6. The third kappa shape index (κ3) is 2.54. The monoisotopic (exact) mass is 263 g/mol. The molecule has 0 saturated heterocycles. The second-order valence-corrected chi connectivity index (χ2v) is 4.91. The molecular formula is C14H17NO2S. The number of hydrogen-bond donors (Lipinski definition) is 1. The molecule has 0 aliphatic heterocycles. The van der Waals surface area contributed by atoms with E-state index in [1.807, 2.05) is 38.1 Å². The molecule has 0 fully saturated rings. The average molecular weight is 263 g/mol. The van der Waals surface area contributed by atoms with Crippen LogP contribution in [-0.4, -0.2) is 16.7 Å². The Kier molecular flexibility index (Phi) is 4.33. The van der Waals surface area contributed by atoms with Crippen LogP contribution in [-0.2, 0) is 13.0 Å². The molecule has 0 atom stereocenters. The van der Waals surface area contributed by atoms with Gasteiger partial charge in [-0.3, -0.25) is 0 Å². The quantitative estimate of drug-likeness (QED) is 0.900. The summed E-state index contributed by atoms with van der Waals surface area (Å²) in [6, 6.07) is 7.88. The molecule has 0 bridgehead atoms. The van der Waals surface area contributed by atoms with Crippen molar-refractivity contribution in [3.63, 3.8) is 0 Å². The van der Waals surface area contributed by atoms with E-state index >= 15 is 0 Å².